The highest BCUT2D eigenvalue weighted by atomic mass is 16.7. The van der Waals surface area contributed by atoms with Gasteiger partial charge in [0.25, 0.3) is 0 Å². The molecule has 0 spiro atoms. The summed E-state index contributed by atoms with van der Waals surface area (Å²) in [6, 6.07) is 0. The molecule has 33 heavy (non-hydrogen) atoms. The highest BCUT2D eigenvalue weighted by Gasteiger charge is 2.60. The van der Waals surface area contributed by atoms with Gasteiger partial charge in [0.15, 0.2) is 5.54 Å². The summed E-state index contributed by atoms with van der Waals surface area (Å²) < 4.78 is 18.0. The lowest BCUT2D eigenvalue weighted by Crippen LogP contribution is -2.74. The molecule has 1 saturated heterocycles. The van der Waals surface area contributed by atoms with Crippen molar-refractivity contribution in [1.29, 1.82) is 0 Å². The monoisotopic (exact) mass is 466 g/mol. The number of esters is 1. The summed E-state index contributed by atoms with van der Waals surface area (Å²) in [4.78, 5) is 38.0. The van der Waals surface area contributed by atoms with Crippen LogP contribution in [0.25, 0.3) is 0 Å². The highest BCUT2D eigenvalue weighted by molar-refractivity contribution is 6.45. The van der Waals surface area contributed by atoms with Crippen molar-refractivity contribution < 1.29 is 28.4 Å². The van der Waals surface area contributed by atoms with Gasteiger partial charge in [-0.1, -0.05) is 6.42 Å². The Morgan fingerprint density at radius 2 is 1.58 bits per heavy atom. The molecule has 0 aromatic carbocycles. The molecule has 0 bridgehead atoms. The molecule has 2 rings (SSSR count). The van der Waals surface area contributed by atoms with Crippen molar-refractivity contribution >= 4 is 24.9 Å². The zero-order valence-corrected chi connectivity index (χ0v) is 22.1. The molecule has 1 saturated carbocycles. The summed E-state index contributed by atoms with van der Waals surface area (Å²) in [7, 11) is -0.324. The number of hydrogen-bond acceptors (Lipinski definition) is 6. The van der Waals surface area contributed by atoms with E-state index in [1.165, 1.54) is 13.8 Å². The van der Waals surface area contributed by atoms with Crippen LogP contribution in [0, 0.1) is 5.92 Å². The van der Waals surface area contributed by atoms with Gasteiger partial charge >= 0.3 is 13.1 Å². The quantitative estimate of drug-likeness (QED) is 0.460. The first-order valence-corrected chi connectivity index (χ1v) is 12.0. The number of carbonyl (C=O) groups excluding carboxylic acids is 3. The number of nitrogens with one attached hydrogen (secondary N) is 2. The Kier molecular flexibility index (Phi) is 7.72. The first-order chi connectivity index (χ1) is 14.8. The van der Waals surface area contributed by atoms with Crippen molar-refractivity contribution in [2.45, 2.75) is 129 Å². The summed E-state index contributed by atoms with van der Waals surface area (Å²) in [6.07, 6.45) is 3.01. The van der Waals surface area contributed by atoms with Gasteiger partial charge in [-0.3, -0.25) is 14.4 Å². The van der Waals surface area contributed by atoms with Crippen LogP contribution < -0.4 is 10.6 Å². The second-order valence-corrected chi connectivity index (χ2v) is 12.0. The van der Waals surface area contributed by atoms with Gasteiger partial charge < -0.3 is 24.7 Å². The number of carbonyl (C=O) groups is 3. The van der Waals surface area contributed by atoms with E-state index in [0.29, 0.717) is 19.2 Å². The number of hydrogen-bond donors (Lipinski definition) is 2. The van der Waals surface area contributed by atoms with E-state index in [0.717, 1.165) is 12.8 Å². The largest absolute Gasteiger partial charge is 0.457 e. The Hall–Kier alpha value is -1.61. The van der Waals surface area contributed by atoms with Gasteiger partial charge in [-0.2, -0.15) is 0 Å². The van der Waals surface area contributed by atoms with Crippen molar-refractivity contribution in [2.24, 2.45) is 5.92 Å². The third-order valence-electron chi connectivity index (χ3n) is 7.27. The number of amides is 2. The lowest BCUT2D eigenvalue weighted by atomic mass is 9.63. The van der Waals surface area contributed by atoms with Crippen molar-refractivity contribution in [3.63, 3.8) is 0 Å². The maximum Gasteiger partial charge on any atom is 0.457 e. The fourth-order valence-electron chi connectivity index (χ4n) is 4.92. The maximum atomic E-state index is 13.7. The molecule has 1 heterocycles. The normalized spacial score (nSPS) is 31.1. The van der Waals surface area contributed by atoms with Crippen molar-refractivity contribution in [3.05, 3.63) is 0 Å². The Morgan fingerprint density at radius 3 is 2.03 bits per heavy atom. The number of rotatable bonds is 6. The molecule has 3 atom stereocenters. The minimum absolute atomic E-state index is 0.116. The molecule has 9 heteroatoms. The SMILES string of the molecule is CC(=O)NC1(C(=O)NC(C)(C)C)CC(CCB2OC(C)(C)C(C)(C)O2)CCC1(C)OC(C)=O. The van der Waals surface area contributed by atoms with Gasteiger partial charge in [0.05, 0.1) is 11.2 Å². The minimum Gasteiger partial charge on any atom is -0.456 e. The molecule has 1 aliphatic carbocycles. The summed E-state index contributed by atoms with van der Waals surface area (Å²) in [5.74, 6) is -1.05. The van der Waals surface area contributed by atoms with Crippen molar-refractivity contribution in [3.8, 4) is 0 Å². The van der Waals surface area contributed by atoms with E-state index in [9.17, 15) is 14.4 Å². The summed E-state index contributed by atoms with van der Waals surface area (Å²) in [5.41, 5.74) is -3.86. The van der Waals surface area contributed by atoms with Crippen LogP contribution in [-0.4, -0.2) is 52.8 Å². The van der Waals surface area contributed by atoms with Crippen LogP contribution in [0.15, 0.2) is 0 Å². The van der Waals surface area contributed by atoms with Crippen LogP contribution >= 0.6 is 0 Å². The first-order valence-electron chi connectivity index (χ1n) is 12.0. The minimum atomic E-state index is -1.38. The smallest absolute Gasteiger partial charge is 0.456 e. The summed E-state index contributed by atoms with van der Waals surface area (Å²) in [6.45, 7) is 18.2. The van der Waals surface area contributed by atoms with Crippen LogP contribution in [0.3, 0.4) is 0 Å². The Bertz CT molecular complexity index is 761. The third kappa shape index (κ3) is 6.10. The van der Waals surface area contributed by atoms with Gasteiger partial charge in [0.2, 0.25) is 11.8 Å². The maximum absolute atomic E-state index is 13.7. The van der Waals surface area contributed by atoms with E-state index in [1.807, 2.05) is 48.5 Å². The van der Waals surface area contributed by atoms with Gasteiger partial charge in [0.1, 0.15) is 5.60 Å². The molecule has 0 radical (unpaired) electrons. The van der Waals surface area contributed by atoms with E-state index in [2.05, 4.69) is 10.6 Å². The summed E-state index contributed by atoms with van der Waals surface area (Å²) in [5, 5.41) is 5.92. The first kappa shape index (κ1) is 27.6. The highest BCUT2D eigenvalue weighted by Crippen LogP contribution is 2.46. The van der Waals surface area contributed by atoms with E-state index < -0.39 is 33.9 Å². The van der Waals surface area contributed by atoms with Gasteiger partial charge in [-0.25, -0.2) is 0 Å². The second kappa shape index (κ2) is 9.21. The Labute approximate surface area is 199 Å². The van der Waals surface area contributed by atoms with Crippen LogP contribution in [-0.2, 0) is 28.4 Å². The molecule has 1 aliphatic heterocycles. The fraction of sp³-hybridized carbons (Fsp3) is 0.875. The number of ether oxygens (including phenoxy) is 1. The van der Waals surface area contributed by atoms with E-state index in [1.54, 1.807) is 6.92 Å². The predicted molar refractivity (Wildman–Crippen MR) is 127 cm³/mol. The Morgan fingerprint density at radius 1 is 1.03 bits per heavy atom. The molecule has 188 valence electrons. The second-order valence-electron chi connectivity index (χ2n) is 12.0. The fourth-order valence-corrected chi connectivity index (χ4v) is 4.92. The molecular weight excluding hydrogens is 423 g/mol. The van der Waals surface area contributed by atoms with Crippen molar-refractivity contribution in [2.75, 3.05) is 0 Å². The predicted octanol–water partition coefficient (Wildman–Crippen LogP) is 3.38. The standard InChI is InChI=1S/C24H43BN2O6/c1-16(28)26-24(19(30)27-20(3,4)5)15-18(11-13-23(24,10)31-17(2)29)12-14-25-32-21(6,7)22(8,9)33-25/h18H,11-15H2,1-10H3,(H,26,28)(H,27,30). The molecule has 2 amide bonds. The van der Waals surface area contributed by atoms with Gasteiger partial charge in [0, 0.05) is 19.4 Å². The van der Waals surface area contributed by atoms with Crippen molar-refractivity contribution in [1.82, 2.24) is 10.6 Å². The van der Waals surface area contributed by atoms with Crippen LogP contribution in [0.1, 0.15) is 94.9 Å². The van der Waals surface area contributed by atoms with Crippen LogP contribution in [0.5, 0.6) is 0 Å². The van der Waals surface area contributed by atoms with Crippen LogP contribution in [0.2, 0.25) is 6.32 Å². The average molecular weight is 466 g/mol. The average Bonchev–Trinajstić information content (AvgIpc) is 2.80. The zero-order chi connectivity index (χ0) is 25.5. The molecule has 0 aromatic rings. The molecule has 3 unspecified atom stereocenters. The summed E-state index contributed by atoms with van der Waals surface area (Å²) >= 11 is 0. The lowest BCUT2D eigenvalue weighted by molar-refractivity contribution is -0.179. The molecule has 2 aliphatic rings. The van der Waals surface area contributed by atoms with Crippen LogP contribution in [0.4, 0.5) is 0 Å². The molecular formula is C24H43BN2O6. The zero-order valence-electron chi connectivity index (χ0n) is 22.1. The third-order valence-corrected chi connectivity index (χ3v) is 7.27. The van der Waals surface area contributed by atoms with E-state index >= 15 is 0 Å². The molecule has 0 aromatic heterocycles. The van der Waals surface area contributed by atoms with Gasteiger partial charge in [-0.05, 0) is 86.9 Å². The van der Waals surface area contributed by atoms with E-state index in [4.69, 9.17) is 14.0 Å². The Balaban J connectivity index is 2.30. The topological polar surface area (TPSA) is 103 Å². The molecule has 2 N–H and O–H groups in total. The van der Waals surface area contributed by atoms with Gasteiger partial charge in [-0.15, -0.1) is 0 Å². The lowest BCUT2D eigenvalue weighted by Gasteiger charge is -2.52. The molecule has 8 nitrogen and oxygen atoms in total. The van der Waals surface area contributed by atoms with E-state index in [-0.39, 0.29) is 24.9 Å². The molecule has 2 fully saturated rings.